The maximum absolute atomic E-state index is 12.5. The Bertz CT molecular complexity index is 572. The zero-order valence-electron chi connectivity index (χ0n) is 12.4. The topological polar surface area (TPSA) is 85.1 Å². The molecule has 0 unspecified atom stereocenters. The Labute approximate surface area is 123 Å². The number of hydrogen-bond acceptors (Lipinski definition) is 5. The Morgan fingerprint density at radius 3 is 2.43 bits per heavy atom. The number of likely N-dealkylation sites (N-methyl/N-ethyl adjacent to an activating group) is 2. The Kier molecular flexibility index (Phi) is 4.21. The molecule has 1 aromatic rings. The molecule has 1 heterocycles. The summed E-state index contributed by atoms with van der Waals surface area (Å²) in [6, 6.07) is 3.12. The van der Waals surface area contributed by atoms with Crippen molar-refractivity contribution in [2.75, 3.05) is 39.7 Å². The van der Waals surface area contributed by atoms with Gasteiger partial charge >= 0.3 is 0 Å². The van der Waals surface area contributed by atoms with E-state index in [2.05, 4.69) is 0 Å². The molecule has 0 saturated carbocycles. The summed E-state index contributed by atoms with van der Waals surface area (Å²) in [5.74, 6) is 0.562. The van der Waals surface area contributed by atoms with Gasteiger partial charge in [-0.05, 0) is 13.0 Å². The molecule has 0 radical (unpaired) electrons. The van der Waals surface area contributed by atoms with Gasteiger partial charge in [-0.1, -0.05) is 0 Å². The minimum atomic E-state index is -0.302. The Balaban J connectivity index is 2.23. The highest BCUT2D eigenvalue weighted by Crippen LogP contribution is 2.36. The molecular weight excluding hydrogens is 274 g/mol. The molecule has 7 nitrogen and oxygen atoms in total. The van der Waals surface area contributed by atoms with Gasteiger partial charge in [0.25, 0.3) is 5.91 Å². The third-order valence-electron chi connectivity index (χ3n) is 3.27. The standard InChI is InChI=1S/C14H19N3O4/c1-4-17(7-13(18)16(2)3)14(19)9-5-11-12(6-10(9)15)21-8-20-11/h5-6H,4,7-8,15H2,1-3H3. The van der Waals surface area contributed by atoms with Crippen molar-refractivity contribution in [1.29, 1.82) is 0 Å². The van der Waals surface area contributed by atoms with Gasteiger partial charge in [0.05, 0.1) is 12.1 Å². The number of hydrogen-bond donors (Lipinski definition) is 1. The van der Waals surface area contributed by atoms with Gasteiger partial charge in [-0.3, -0.25) is 9.59 Å². The van der Waals surface area contributed by atoms with Crippen molar-refractivity contribution < 1.29 is 19.1 Å². The lowest BCUT2D eigenvalue weighted by Crippen LogP contribution is -2.40. The summed E-state index contributed by atoms with van der Waals surface area (Å²) in [7, 11) is 3.30. The summed E-state index contributed by atoms with van der Waals surface area (Å²) in [5, 5.41) is 0. The summed E-state index contributed by atoms with van der Waals surface area (Å²) in [6.45, 7) is 2.34. The first-order chi connectivity index (χ1) is 9.93. The van der Waals surface area contributed by atoms with Gasteiger partial charge < -0.3 is 25.0 Å². The lowest BCUT2D eigenvalue weighted by Gasteiger charge is -2.23. The van der Waals surface area contributed by atoms with E-state index in [1.807, 2.05) is 6.92 Å². The molecule has 2 amide bonds. The van der Waals surface area contributed by atoms with Gasteiger partial charge in [0.1, 0.15) is 0 Å². The van der Waals surface area contributed by atoms with Crippen molar-refractivity contribution in [1.82, 2.24) is 9.80 Å². The minimum absolute atomic E-state index is 0.0101. The van der Waals surface area contributed by atoms with Crippen molar-refractivity contribution >= 4 is 17.5 Å². The second-order valence-corrected chi connectivity index (χ2v) is 4.90. The Morgan fingerprint density at radius 2 is 1.86 bits per heavy atom. The number of amides is 2. The van der Waals surface area contributed by atoms with Gasteiger partial charge in [-0.2, -0.15) is 0 Å². The van der Waals surface area contributed by atoms with Gasteiger partial charge in [-0.25, -0.2) is 0 Å². The maximum Gasteiger partial charge on any atom is 0.256 e. The summed E-state index contributed by atoms with van der Waals surface area (Å²) in [6.07, 6.45) is 0. The Morgan fingerprint density at radius 1 is 1.24 bits per heavy atom. The molecule has 0 fully saturated rings. The number of carbonyl (C=O) groups is 2. The molecule has 2 N–H and O–H groups in total. The monoisotopic (exact) mass is 293 g/mol. The van der Waals surface area contributed by atoms with Crippen LogP contribution in [0.1, 0.15) is 17.3 Å². The Hall–Kier alpha value is -2.44. The van der Waals surface area contributed by atoms with Crippen molar-refractivity contribution in [3.05, 3.63) is 17.7 Å². The molecule has 1 aliphatic heterocycles. The lowest BCUT2D eigenvalue weighted by atomic mass is 10.1. The normalized spacial score (nSPS) is 12.1. The van der Waals surface area contributed by atoms with Crippen LogP contribution in [0.2, 0.25) is 0 Å². The van der Waals surface area contributed by atoms with E-state index in [-0.39, 0.29) is 25.2 Å². The first-order valence-electron chi connectivity index (χ1n) is 6.62. The molecule has 0 aromatic heterocycles. The number of nitrogens with two attached hydrogens (primary N) is 1. The number of rotatable bonds is 4. The number of nitrogen functional groups attached to an aromatic ring is 1. The summed E-state index contributed by atoms with van der Waals surface area (Å²) in [5.41, 5.74) is 6.52. The average molecular weight is 293 g/mol. The van der Waals surface area contributed by atoms with Crippen molar-refractivity contribution in [3.63, 3.8) is 0 Å². The van der Waals surface area contributed by atoms with E-state index in [0.717, 1.165) is 0 Å². The van der Waals surface area contributed by atoms with Crippen LogP contribution in [0, 0.1) is 0 Å². The van der Waals surface area contributed by atoms with E-state index in [0.29, 0.717) is 29.3 Å². The van der Waals surface area contributed by atoms with Crippen LogP contribution in [0.5, 0.6) is 11.5 Å². The quantitative estimate of drug-likeness (QED) is 0.819. The highest BCUT2D eigenvalue weighted by molar-refractivity contribution is 6.01. The molecule has 7 heteroatoms. The molecule has 0 aliphatic carbocycles. The van der Waals surface area contributed by atoms with E-state index < -0.39 is 0 Å². The molecule has 21 heavy (non-hydrogen) atoms. The molecule has 0 atom stereocenters. The third-order valence-corrected chi connectivity index (χ3v) is 3.27. The van der Waals surface area contributed by atoms with Crippen LogP contribution in [-0.2, 0) is 4.79 Å². The molecule has 0 bridgehead atoms. The van der Waals surface area contributed by atoms with Crippen LogP contribution in [-0.4, -0.2) is 55.6 Å². The number of carbonyl (C=O) groups excluding carboxylic acids is 2. The summed E-state index contributed by atoms with van der Waals surface area (Å²) < 4.78 is 10.5. The van der Waals surface area contributed by atoms with Gasteiger partial charge in [0.2, 0.25) is 12.7 Å². The first-order valence-corrected chi connectivity index (χ1v) is 6.62. The number of fused-ring (bicyclic) bond motifs is 1. The molecule has 0 spiro atoms. The minimum Gasteiger partial charge on any atom is -0.454 e. The molecule has 114 valence electrons. The zero-order valence-corrected chi connectivity index (χ0v) is 12.4. The number of nitrogens with zero attached hydrogens (tertiary/aromatic N) is 2. The van der Waals surface area contributed by atoms with Gasteiger partial charge in [0, 0.05) is 32.4 Å². The lowest BCUT2D eigenvalue weighted by molar-refractivity contribution is -0.129. The predicted molar refractivity (Wildman–Crippen MR) is 77.2 cm³/mol. The van der Waals surface area contributed by atoms with E-state index in [1.165, 1.54) is 9.80 Å². The van der Waals surface area contributed by atoms with Crippen LogP contribution in [0.25, 0.3) is 0 Å². The van der Waals surface area contributed by atoms with Crippen molar-refractivity contribution in [2.24, 2.45) is 0 Å². The number of ether oxygens (including phenoxy) is 2. The largest absolute Gasteiger partial charge is 0.454 e. The highest BCUT2D eigenvalue weighted by Gasteiger charge is 2.24. The number of benzene rings is 1. The predicted octanol–water partition coefficient (Wildman–Crippen LogP) is 0.548. The molecule has 1 aliphatic rings. The van der Waals surface area contributed by atoms with E-state index in [9.17, 15) is 9.59 Å². The van der Waals surface area contributed by atoms with Crippen LogP contribution in [0.15, 0.2) is 12.1 Å². The van der Waals surface area contributed by atoms with E-state index in [4.69, 9.17) is 15.2 Å². The summed E-state index contributed by atoms with van der Waals surface area (Å²) in [4.78, 5) is 27.2. The van der Waals surface area contributed by atoms with Gasteiger partial charge in [-0.15, -0.1) is 0 Å². The second kappa shape index (κ2) is 5.90. The first kappa shape index (κ1) is 15.0. The van der Waals surface area contributed by atoms with E-state index in [1.54, 1.807) is 26.2 Å². The smallest absolute Gasteiger partial charge is 0.256 e. The molecule has 2 rings (SSSR count). The number of anilines is 1. The summed E-state index contributed by atoms with van der Waals surface area (Å²) >= 11 is 0. The molecular formula is C14H19N3O4. The van der Waals surface area contributed by atoms with Crippen LogP contribution >= 0.6 is 0 Å². The maximum atomic E-state index is 12.5. The highest BCUT2D eigenvalue weighted by atomic mass is 16.7. The van der Waals surface area contributed by atoms with Crippen LogP contribution in [0.3, 0.4) is 0 Å². The average Bonchev–Trinajstić information content (AvgIpc) is 2.89. The third kappa shape index (κ3) is 3.01. The fraction of sp³-hybridized carbons (Fsp3) is 0.429. The van der Waals surface area contributed by atoms with Crippen molar-refractivity contribution in [2.45, 2.75) is 6.92 Å². The zero-order chi connectivity index (χ0) is 15.6. The second-order valence-electron chi connectivity index (χ2n) is 4.90. The van der Waals surface area contributed by atoms with Crippen LogP contribution < -0.4 is 15.2 Å². The fourth-order valence-electron chi connectivity index (χ4n) is 1.95. The molecule has 0 saturated heterocycles. The molecule has 1 aromatic carbocycles. The van der Waals surface area contributed by atoms with E-state index >= 15 is 0 Å². The fourth-order valence-corrected chi connectivity index (χ4v) is 1.95. The SMILES string of the molecule is CCN(CC(=O)N(C)C)C(=O)c1cc2c(cc1N)OCO2. The van der Waals surface area contributed by atoms with Crippen LogP contribution in [0.4, 0.5) is 5.69 Å². The van der Waals surface area contributed by atoms with Gasteiger partial charge in [0.15, 0.2) is 11.5 Å². The van der Waals surface area contributed by atoms with Crippen molar-refractivity contribution in [3.8, 4) is 11.5 Å².